The van der Waals surface area contributed by atoms with Gasteiger partial charge in [-0.3, -0.25) is 0 Å². The van der Waals surface area contributed by atoms with E-state index in [0.29, 0.717) is 5.92 Å². The second-order valence-corrected chi connectivity index (χ2v) is 5.14. The summed E-state index contributed by atoms with van der Waals surface area (Å²) in [5.41, 5.74) is 3.81. The van der Waals surface area contributed by atoms with Crippen molar-refractivity contribution in [3.05, 3.63) is 60.2 Å². The number of alkyl halides is 1. The van der Waals surface area contributed by atoms with Crippen molar-refractivity contribution in [1.82, 2.24) is 0 Å². The van der Waals surface area contributed by atoms with Gasteiger partial charge in [0.15, 0.2) is 0 Å². The Morgan fingerprint density at radius 2 is 1.29 bits per heavy atom. The molecule has 0 aromatic heterocycles. The molecule has 0 nitrogen and oxygen atoms in total. The third-order valence-electron chi connectivity index (χ3n) is 3.23. The van der Waals surface area contributed by atoms with Gasteiger partial charge in [0.2, 0.25) is 0 Å². The van der Waals surface area contributed by atoms with Crippen molar-refractivity contribution in [3.8, 4) is 11.1 Å². The zero-order chi connectivity index (χ0) is 12.3. The summed E-state index contributed by atoms with van der Waals surface area (Å²) in [5, 5.41) is 0.164. The molecule has 0 saturated heterocycles. The topological polar surface area (TPSA) is 0 Å². The Morgan fingerprint density at radius 3 is 1.82 bits per heavy atom. The Kier molecular flexibility index (Phi) is 3.86. The molecule has 0 aliphatic rings. The van der Waals surface area contributed by atoms with Crippen molar-refractivity contribution in [3.63, 3.8) is 0 Å². The molecule has 0 aliphatic carbocycles. The zero-order valence-electron chi connectivity index (χ0n) is 10.2. The molecular weight excluding hydrogens is 228 g/mol. The maximum absolute atomic E-state index is 6.12. The number of hydrogen-bond acceptors (Lipinski definition) is 0. The lowest BCUT2D eigenvalue weighted by Gasteiger charge is -2.14. The van der Waals surface area contributed by atoms with Crippen LogP contribution in [0.1, 0.15) is 25.3 Å². The molecule has 2 aromatic rings. The van der Waals surface area contributed by atoms with E-state index >= 15 is 0 Å². The number of halogens is 1. The molecule has 0 radical (unpaired) electrons. The van der Waals surface area contributed by atoms with Crippen molar-refractivity contribution >= 4 is 11.6 Å². The normalized spacial score (nSPS) is 14.3. The molecule has 0 N–H and O–H groups in total. The predicted molar refractivity (Wildman–Crippen MR) is 75.6 cm³/mol. The fraction of sp³-hybridized carbons (Fsp3) is 0.250. The van der Waals surface area contributed by atoms with Crippen LogP contribution in [0.15, 0.2) is 54.6 Å². The van der Waals surface area contributed by atoms with E-state index in [2.05, 4.69) is 55.5 Å². The van der Waals surface area contributed by atoms with E-state index in [1.165, 1.54) is 16.7 Å². The number of hydrogen-bond donors (Lipinski definition) is 0. The monoisotopic (exact) mass is 244 g/mol. The van der Waals surface area contributed by atoms with E-state index in [9.17, 15) is 0 Å². The van der Waals surface area contributed by atoms with Gasteiger partial charge < -0.3 is 0 Å². The predicted octanol–water partition coefficient (Wildman–Crippen LogP) is 5.08. The van der Waals surface area contributed by atoms with Crippen LogP contribution in [0.25, 0.3) is 11.1 Å². The first-order chi connectivity index (χ1) is 8.18. The summed E-state index contributed by atoms with van der Waals surface area (Å²) in [4.78, 5) is 0. The number of benzene rings is 2. The zero-order valence-corrected chi connectivity index (χ0v) is 11.0. The van der Waals surface area contributed by atoms with Gasteiger partial charge in [-0.2, -0.15) is 0 Å². The van der Waals surface area contributed by atoms with Crippen LogP contribution in [0.5, 0.6) is 0 Å². The van der Waals surface area contributed by atoms with Crippen LogP contribution < -0.4 is 0 Å². The molecule has 0 heterocycles. The first-order valence-electron chi connectivity index (χ1n) is 5.98. The van der Waals surface area contributed by atoms with Crippen molar-refractivity contribution in [2.75, 3.05) is 0 Å². The molecule has 0 bridgehead atoms. The van der Waals surface area contributed by atoms with Crippen molar-refractivity contribution < 1.29 is 0 Å². The maximum atomic E-state index is 6.12. The third kappa shape index (κ3) is 2.89. The fourth-order valence-electron chi connectivity index (χ4n) is 1.87. The van der Waals surface area contributed by atoms with Gasteiger partial charge in [-0.1, -0.05) is 61.5 Å². The molecule has 0 saturated carbocycles. The van der Waals surface area contributed by atoms with E-state index in [0.717, 1.165) is 0 Å². The lowest BCUT2D eigenvalue weighted by atomic mass is 9.95. The van der Waals surface area contributed by atoms with E-state index in [-0.39, 0.29) is 5.38 Å². The van der Waals surface area contributed by atoms with Crippen LogP contribution in [0.2, 0.25) is 0 Å². The van der Waals surface area contributed by atoms with Gasteiger partial charge in [-0.25, -0.2) is 0 Å². The van der Waals surface area contributed by atoms with Crippen LogP contribution in [0.4, 0.5) is 0 Å². The highest BCUT2D eigenvalue weighted by atomic mass is 35.5. The highest BCUT2D eigenvalue weighted by molar-refractivity contribution is 6.20. The van der Waals surface area contributed by atoms with E-state index in [1.54, 1.807) is 0 Å². The molecule has 88 valence electrons. The van der Waals surface area contributed by atoms with Crippen molar-refractivity contribution in [2.24, 2.45) is 0 Å². The van der Waals surface area contributed by atoms with Gasteiger partial charge in [0, 0.05) is 5.38 Å². The summed E-state index contributed by atoms with van der Waals surface area (Å²) >= 11 is 6.12. The minimum atomic E-state index is 0.164. The third-order valence-corrected chi connectivity index (χ3v) is 3.61. The summed E-state index contributed by atoms with van der Waals surface area (Å²) < 4.78 is 0. The first kappa shape index (κ1) is 12.2. The summed E-state index contributed by atoms with van der Waals surface area (Å²) in [5.74, 6) is 0.390. The molecule has 17 heavy (non-hydrogen) atoms. The molecule has 0 spiro atoms. The van der Waals surface area contributed by atoms with E-state index < -0.39 is 0 Å². The smallest absolute Gasteiger partial charge is 0.0373 e. The minimum Gasteiger partial charge on any atom is -0.123 e. The Morgan fingerprint density at radius 1 is 0.765 bits per heavy atom. The Bertz CT molecular complexity index is 457. The maximum Gasteiger partial charge on any atom is 0.0373 e. The number of rotatable bonds is 3. The molecule has 2 unspecified atom stereocenters. The largest absolute Gasteiger partial charge is 0.123 e. The van der Waals surface area contributed by atoms with Crippen LogP contribution >= 0.6 is 11.6 Å². The van der Waals surface area contributed by atoms with Crippen LogP contribution in [0, 0.1) is 0 Å². The summed E-state index contributed by atoms with van der Waals surface area (Å²) in [7, 11) is 0. The molecule has 2 aromatic carbocycles. The van der Waals surface area contributed by atoms with Crippen LogP contribution in [0.3, 0.4) is 0 Å². The summed E-state index contributed by atoms with van der Waals surface area (Å²) in [6, 6.07) is 19.1. The van der Waals surface area contributed by atoms with E-state index in [1.807, 2.05) is 13.0 Å². The quantitative estimate of drug-likeness (QED) is 0.660. The van der Waals surface area contributed by atoms with Gasteiger partial charge in [-0.05, 0) is 29.5 Å². The lowest BCUT2D eigenvalue weighted by molar-refractivity contribution is 0.742. The Labute approximate surface area is 108 Å². The Balaban J connectivity index is 2.25. The van der Waals surface area contributed by atoms with Crippen molar-refractivity contribution in [1.29, 1.82) is 0 Å². The SMILES string of the molecule is CC(Cl)C(C)c1ccc(-c2ccccc2)cc1. The van der Waals surface area contributed by atoms with Gasteiger partial charge in [0.1, 0.15) is 0 Å². The van der Waals surface area contributed by atoms with Crippen molar-refractivity contribution in [2.45, 2.75) is 25.1 Å². The van der Waals surface area contributed by atoms with E-state index in [4.69, 9.17) is 11.6 Å². The summed E-state index contributed by atoms with van der Waals surface area (Å²) in [6.07, 6.45) is 0. The second-order valence-electron chi connectivity index (χ2n) is 4.45. The van der Waals surface area contributed by atoms with Gasteiger partial charge in [0.25, 0.3) is 0 Å². The molecule has 2 atom stereocenters. The average molecular weight is 245 g/mol. The summed E-state index contributed by atoms with van der Waals surface area (Å²) in [6.45, 7) is 4.20. The van der Waals surface area contributed by atoms with Crippen LogP contribution in [-0.2, 0) is 0 Å². The molecular formula is C16H17Cl. The molecule has 0 fully saturated rings. The average Bonchev–Trinajstić information content (AvgIpc) is 2.39. The lowest BCUT2D eigenvalue weighted by Crippen LogP contribution is -2.04. The molecule has 0 aliphatic heterocycles. The standard InChI is InChI=1S/C16H17Cl/c1-12(13(2)17)14-8-10-16(11-9-14)15-6-4-3-5-7-15/h3-13H,1-2H3. The first-order valence-corrected chi connectivity index (χ1v) is 6.41. The molecule has 2 rings (SSSR count). The van der Waals surface area contributed by atoms with Crippen LogP contribution in [-0.4, -0.2) is 5.38 Å². The molecule has 0 amide bonds. The van der Waals surface area contributed by atoms with Gasteiger partial charge in [0.05, 0.1) is 0 Å². The second kappa shape index (κ2) is 5.37. The fourth-order valence-corrected chi connectivity index (χ4v) is 2.02. The highest BCUT2D eigenvalue weighted by Gasteiger charge is 2.11. The molecule has 1 heteroatoms. The van der Waals surface area contributed by atoms with Gasteiger partial charge >= 0.3 is 0 Å². The van der Waals surface area contributed by atoms with Gasteiger partial charge in [-0.15, -0.1) is 11.6 Å². The Hall–Kier alpha value is -1.27. The highest BCUT2D eigenvalue weighted by Crippen LogP contribution is 2.26. The minimum absolute atomic E-state index is 0.164.